The summed E-state index contributed by atoms with van der Waals surface area (Å²) in [7, 11) is 0. The van der Waals surface area contributed by atoms with Crippen molar-refractivity contribution >= 4 is 11.6 Å². The van der Waals surface area contributed by atoms with E-state index in [1.807, 2.05) is 24.3 Å². The van der Waals surface area contributed by atoms with Gasteiger partial charge in [-0.3, -0.25) is 4.79 Å². The molecule has 2 saturated heterocycles. The van der Waals surface area contributed by atoms with Gasteiger partial charge in [0.1, 0.15) is 12.4 Å². The van der Waals surface area contributed by atoms with Crippen LogP contribution in [-0.4, -0.2) is 51.0 Å². The fourth-order valence-electron chi connectivity index (χ4n) is 2.91. The van der Waals surface area contributed by atoms with Crippen LogP contribution in [0.1, 0.15) is 25.7 Å². The Bertz CT molecular complexity index is 508. The lowest BCUT2D eigenvalue weighted by molar-refractivity contribution is -0.119. The summed E-state index contributed by atoms with van der Waals surface area (Å²) in [6, 6.07) is 7.64. The molecule has 6 nitrogen and oxygen atoms in total. The normalized spacial score (nSPS) is 23.2. The SMILES string of the molecule is O=C(CNc1ccc(OCC2CCCO2)cc1)NCC1CCCO1. The van der Waals surface area contributed by atoms with Crippen molar-refractivity contribution < 1.29 is 19.0 Å². The van der Waals surface area contributed by atoms with Gasteiger partial charge in [0.2, 0.25) is 5.91 Å². The summed E-state index contributed by atoms with van der Waals surface area (Å²) in [4.78, 5) is 11.8. The molecule has 2 heterocycles. The van der Waals surface area contributed by atoms with Crippen LogP contribution in [0.15, 0.2) is 24.3 Å². The molecule has 0 aromatic heterocycles. The third kappa shape index (κ3) is 5.39. The molecule has 2 aliphatic heterocycles. The lowest BCUT2D eigenvalue weighted by atomic mass is 10.2. The Balaban J connectivity index is 1.33. The topological polar surface area (TPSA) is 68.8 Å². The number of hydrogen-bond donors (Lipinski definition) is 2. The predicted molar refractivity (Wildman–Crippen MR) is 91.4 cm³/mol. The van der Waals surface area contributed by atoms with Crippen molar-refractivity contribution in [3.8, 4) is 5.75 Å². The smallest absolute Gasteiger partial charge is 0.239 e. The Kier molecular flexibility index (Phi) is 6.32. The standard InChI is InChI=1S/C18H26N2O4/c21-18(20-11-16-3-1-9-22-16)12-19-14-5-7-15(8-6-14)24-13-17-4-2-10-23-17/h5-8,16-17,19H,1-4,9-13H2,(H,20,21). The molecule has 0 aliphatic carbocycles. The van der Waals surface area contributed by atoms with Gasteiger partial charge in [0.15, 0.2) is 0 Å². The van der Waals surface area contributed by atoms with Gasteiger partial charge >= 0.3 is 0 Å². The second-order valence-corrected chi connectivity index (χ2v) is 6.26. The van der Waals surface area contributed by atoms with Crippen molar-refractivity contribution in [1.29, 1.82) is 0 Å². The number of carbonyl (C=O) groups is 1. The summed E-state index contributed by atoms with van der Waals surface area (Å²) < 4.78 is 16.7. The zero-order valence-corrected chi connectivity index (χ0v) is 14.0. The van der Waals surface area contributed by atoms with E-state index >= 15 is 0 Å². The molecule has 3 rings (SSSR count). The minimum Gasteiger partial charge on any atom is -0.491 e. The van der Waals surface area contributed by atoms with Crippen LogP contribution in [0.2, 0.25) is 0 Å². The fraction of sp³-hybridized carbons (Fsp3) is 0.611. The number of benzene rings is 1. The molecule has 0 saturated carbocycles. The minimum absolute atomic E-state index is 0.0239. The maximum atomic E-state index is 11.8. The van der Waals surface area contributed by atoms with Gasteiger partial charge in [-0.1, -0.05) is 0 Å². The van der Waals surface area contributed by atoms with Crippen LogP contribution in [0, 0.1) is 0 Å². The van der Waals surface area contributed by atoms with Gasteiger partial charge in [0, 0.05) is 25.4 Å². The van der Waals surface area contributed by atoms with Crippen molar-refractivity contribution in [2.75, 3.05) is 38.2 Å². The number of rotatable bonds is 8. The Morgan fingerprint density at radius 1 is 1.08 bits per heavy atom. The highest BCUT2D eigenvalue weighted by atomic mass is 16.5. The minimum atomic E-state index is -0.0239. The van der Waals surface area contributed by atoms with Crippen LogP contribution in [0.3, 0.4) is 0 Å². The van der Waals surface area contributed by atoms with Crippen LogP contribution in [0.5, 0.6) is 5.75 Å². The molecule has 1 aromatic carbocycles. The molecule has 2 unspecified atom stereocenters. The van der Waals surface area contributed by atoms with Crippen LogP contribution in [0.25, 0.3) is 0 Å². The molecule has 0 spiro atoms. The van der Waals surface area contributed by atoms with E-state index in [1.54, 1.807) is 0 Å². The van der Waals surface area contributed by atoms with E-state index in [1.165, 1.54) is 0 Å². The maximum Gasteiger partial charge on any atom is 0.239 e. The summed E-state index contributed by atoms with van der Waals surface area (Å²) in [5.41, 5.74) is 0.895. The molecule has 2 aliphatic rings. The average molecular weight is 334 g/mol. The number of anilines is 1. The quantitative estimate of drug-likeness (QED) is 0.760. The highest BCUT2D eigenvalue weighted by molar-refractivity contribution is 5.80. The van der Waals surface area contributed by atoms with E-state index in [2.05, 4.69) is 10.6 Å². The number of carbonyl (C=O) groups excluding carboxylic acids is 1. The maximum absolute atomic E-state index is 11.8. The molecule has 2 fully saturated rings. The van der Waals surface area contributed by atoms with Crippen molar-refractivity contribution in [3.05, 3.63) is 24.3 Å². The average Bonchev–Trinajstić information content (AvgIpc) is 3.30. The Morgan fingerprint density at radius 2 is 1.79 bits per heavy atom. The van der Waals surface area contributed by atoms with E-state index < -0.39 is 0 Å². The van der Waals surface area contributed by atoms with E-state index in [-0.39, 0.29) is 24.7 Å². The summed E-state index contributed by atoms with van der Waals surface area (Å²) >= 11 is 0. The van der Waals surface area contributed by atoms with Gasteiger partial charge < -0.3 is 24.8 Å². The molecular weight excluding hydrogens is 308 g/mol. The van der Waals surface area contributed by atoms with Crippen LogP contribution >= 0.6 is 0 Å². The van der Waals surface area contributed by atoms with Crippen LogP contribution in [-0.2, 0) is 14.3 Å². The molecule has 6 heteroatoms. The number of hydrogen-bond acceptors (Lipinski definition) is 5. The number of amides is 1. The molecule has 24 heavy (non-hydrogen) atoms. The van der Waals surface area contributed by atoms with Crippen molar-refractivity contribution in [2.45, 2.75) is 37.9 Å². The van der Waals surface area contributed by atoms with Gasteiger partial charge in [-0.15, -0.1) is 0 Å². The third-order valence-corrected chi connectivity index (χ3v) is 4.32. The first-order valence-corrected chi connectivity index (χ1v) is 8.76. The Hall–Kier alpha value is -1.79. The largest absolute Gasteiger partial charge is 0.491 e. The Labute approximate surface area is 142 Å². The highest BCUT2D eigenvalue weighted by Gasteiger charge is 2.16. The first-order chi connectivity index (χ1) is 11.8. The second-order valence-electron chi connectivity index (χ2n) is 6.26. The van der Waals surface area contributed by atoms with Crippen molar-refractivity contribution in [3.63, 3.8) is 0 Å². The summed E-state index contributed by atoms with van der Waals surface area (Å²) in [6.45, 7) is 3.09. The summed E-state index contributed by atoms with van der Waals surface area (Å²) in [6.07, 6.45) is 4.69. The van der Waals surface area contributed by atoms with Crippen molar-refractivity contribution in [1.82, 2.24) is 5.32 Å². The van der Waals surface area contributed by atoms with E-state index in [4.69, 9.17) is 14.2 Å². The van der Waals surface area contributed by atoms with Gasteiger partial charge in [-0.05, 0) is 49.9 Å². The van der Waals surface area contributed by atoms with Crippen LogP contribution in [0.4, 0.5) is 5.69 Å². The van der Waals surface area contributed by atoms with Crippen LogP contribution < -0.4 is 15.4 Å². The lowest BCUT2D eigenvalue weighted by Crippen LogP contribution is -2.35. The molecule has 1 aromatic rings. The Morgan fingerprint density at radius 3 is 2.46 bits per heavy atom. The van der Waals surface area contributed by atoms with Gasteiger partial charge in [-0.25, -0.2) is 0 Å². The van der Waals surface area contributed by atoms with E-state index in [0.717, 1.165) is 50.3 Å². The lowest BCUT2D eigenvalue weighted by Gasteiger charge is -2.13. The number of nitrogens with one attached hydrogen (secondary N) is 2. The predicted octanol–water partition coefficient (Wildman–Crippen LogP) is 1.95. The third-order valence-electron chi connectivity index (χ3n) is 4.32. The zero-order chi connectivity index (χ0) is 16.6. The molecular formula is C18H26N2O4. The summed E-state index contributed by atoms with van der Waals surface area (Å²) in [5.74, 6) is 0.795. The first-order valence-electron chi connectivity index (χ1n) is 8.76. The molecule has 1 amide bonds. The molecule has 2 N–H and O–H groups in total. The fourth-order valence-corrected chi connectivity index (χ4v) is 2.91. The van der Waals surface area contributed by atoms with E-state index in [9.17, 15) is 4.79 Å². The van der Waals surface area contributed by atoms with Gasteiger partial charge in [0.05, 0.1) is 18.8 Å². The molecule has 0 bridgehead atoms. The number of ether oxygens (including phenoxy) is 3. The highest BCUT2D eigenvalue weighted by Crippen LogP contribution is 2.18. The van der Waals surface area contributed by atoms with Crippen molar-refractivity contribution in [2.24, 2.45) is 0 Å². The molecule has 2 atom stereocenters. The second kappa shape index (κ2) is 8.89. The zero-order valence-electron chi connectivity index (χ0n) is 14.0. The molecule has 132 valence electrons. The first kappa shape index (κ1) is 17.0. The summed E-state index contributed by atoms with van der Waals surface area (Å²) in [5, 5.41) is 6.00. The van der Waals surface area contributed by atoms with Gasteiger partial charge in [-0.2, -0.15) is 0 Å². The van der Waals surface area contributed by atoms with E-state index in [0.29, 0.717) is 13.2 Å². The monoisotopic (exact) mass is 334 g/mol. The van der Waals surface area contributed by atoms with Gasteiger partial charge in [0.25, 0.3) is 0 Å². The molecule has 0 radical (unpaired) electrons.